The van der Waals surface area contributed by atoms with Crippen LogP contribution in [0.3, 0.4) is 0 Å². The van der Waals surface area contributed by atoms with Crippen molar-refractivity contribution in [1.29, 1.82) is 0 Å². The molecule has 4 rings (SSSR count). The standard InChI is InChI=1S/C17H15N5O.C3H6O2/c1-22(2)17-19-8-6-13(21-17)10-3-4-14-12(9-10)11-5-7-18-15(11)16(23)20-14;1-2-3(4)5/h3-9,18H,1-2H3,(H,20,23);2H2,1H3,(H,4,5). The van der Waals surface area contributed by atoms with Gasteiger partial charge in [-0.15, -0.1) is 0 Å². The van der Waals surface area contributed by atoms with Crippen LogP contribution in [0.5, 0.6) is 0 Å². The van der Waals surface area contributed by atoms with Crippen molar-refractivity contribution in [2.75, 3.05) is 19.0 Å². The summed E-state index contributed by atoms with van der Waals surface area (Å²) in [6.07, 6.45) is 3.75. The number of fused-ring (bicyclic) bond motifs is 3. The fourth-order valence-corrected chi connectivity index (χ4v) is 2.73. The summed E-state index contributed by atoms with van der Waals surface area (Å²) in [6, 6.07) is 9.72. The highest BCUT2D eigenvalue weighted by molar-refractivity contribution is 6.05. The fourth-order valence-electron chi connectivity index (χ4n) is 2.73. The molecule has 144 valence electrons. The van der Waals surface area contributed by atoms with Gasteiger partial charge in [-0.3, -0.25) is 9.59 Å². The van der Waals surface area contributed by atoms with E-state index < -0.39 is 5.97 Å². The third kappa shape index (κ3) is 3.85. The van der Waals surface area contributed by atoms with Crippen molar-refractivity contribution in [1.82, 2.24) is 19.9 Å². The largest absolute Gasteiger partial charge is 0.481 e. The summed E-state index contributed by atoms with van der Waals surface area (Å²) in [4.78, 5) is 37.9. The van der Waals surface area contributed by atoms with E-state index in [4.69, 9.17) is 5.11 Å². The van der Waals surface area contributed by atoms with Gasteiger partial charge >= 0.3 is 5.97 Å². The van der Waals surface area contributed by atoms with Crippen LogP contribution in [0.15, 0.2) is 47.5 Å². The SMILES string of the molecule is CCC(=O)O.CN(C)c1nccc(-c2ccc3[nH]c(=O)c4[nH]ccc4c3c2)n1. The van der Waals surface area contributed by atoms with E-state index in [0.717, 1.165) is 27.5 Å². The van der Waals surface area contributed by atoms with Crippen molar-refractivity contribution >= 4 is 33.7 Å². The normalized spacial score (nSPS) is 10.5. The smallest absolute Gasteiger partial charge is 0.303 e. The van der Waals surface area contributed by atoms with Crippen LogP contribution in [0, 0.1) is 0 Å². The molecule has 0 amide bonds. The first-order valence-corrected chi connectivity index (χ1v) is 8.76. The number of carboxylic acid groups (broad SMARTS) is 1. The number of rotatable bonds is 3. The number of aromatic nitrogens is 4. The van der Waals surface area contributed by atoms with Crippen molar-refractivity contribution in [3.05, 3.63) is 53.1 Å². The summed E-state index contributed by atoms with van der Waals surface area (Å²) < 4.78 is 0. The number of pyridine rings is 1. The Morgan fingerprint density at radius 3 is 2.61 bits per heavy atom. The Kier molecular flexibility index (Phi) is 5.39. The highest BCUT2D eigenvalue weighted by Crippen LogP contribution is 2.26. The fraction of sp³-hybridized carbons (Fsp3) is 0.200. The number of aliphatic carboxylic acids is 1. The molecule has 8 nitrogen and oxygen atoms in total. The van der Waals surface area contributed by atoms with Crippen LogP contribution in [0.1, 0.15) is 13.3 Å². The number of anilines is 1. The van der Waals surface area contributed by atoms with Crippen LogP contribution in [-0.4, -0.2) is 45.1 Å². The number of hydrogen-bond donors (Lipinski definition) is 3. The molecule has 0 spiro atoms. The monoisotopic (exact) mass is 379 g/mol. The number of nitrogens with zero attached hydrogens (tertiary/aromatic N) is 3. The van der Waals surface area contributed by atoms with Crippen LogP contribution >= 0.6 is 0 Å². The molecule has 0 aliphatic rings. The molecule has 0 saturated heterocycles. The van der Waals surface area contributed by atoms with E-state index in [2.05, 4.69) is 19.9 Å². The van der Waals surface area contributed by atoms with Gasteiger partial charge in [-0.1, -0.05) is 13.0 Å². The molecule has 4 aromatic rings. The van der Waals surface area contributed by atoms with Crippen LogP contribution in [0.25, 0.3) is 33.1 Å². The Hall–Kier alpha value is -3.68. The molecule has 3 N–H and O–H groups in total. The molecule has 0 atom stereocenters. The first-order chi connectivity index (χ1) is 13.4. The van der Waals surface area contributed by atoms with Crippen molar-refractivity contribution in [2.24, 2.45) is 0 Å². The van der Waals surface area contributed by atoms with Crippen molar-refractivity contribution in [2.45, 2.75) is 13.3 Å². The summed E-state index contributed by atoms with van der Waals surface area (Å²) in [5.41, 5.74) is 3.12. The maximum Gasteiger partial charge on any atom is 0.303 e. The first-order valence-electron chi connectivity index (χ1n) is 8.76. The second-order valence-electron chi connectivity index (χ2n) is 6.36. The lowest BCUT2D eigenvalue weighted by Gasteiger charge is -2.11. The third-order valence-corrected chi connectivity index (χ3v) is 4.17. The second kappa shape index (κ2) is 7.91. The number of carbonyl (C=O) groups is 1. The number of aromatic amines is 2. The van der Waals surface area contributed by atoms with Gasteiger partial charge in [0, 0.05) is 54.8 Å². The second-order valence-corrected chi connectivity index (χ2v) is 6.36. The van der Waals surface area contributed by atoms with E-state index in [1.54, 1.807) is 19.3 Å². The van der Waals surface area contributed by atoms with Crippen LogP contribution in [0.2, 0.25) is 0 Å². The number of carboxylic acids is 1. The molecule has 28 heavy (non-hydrogen) atoms. The van der Waals surface area contributed by atoms with Gasteiger partial charge in [-0.05, 0) is 24.3 Å². The van der Waals surface area contributed by atoms with E-state index in [1.807, 2.05) is 49.3 Å². The van der Waals surface area contributed by atoms with Crippen molar-refractivity contribution in [3.63, 3.8) is 0 Å². The van der Waals surface area contributed by atoms with E-state index in [9.17, 15) is 9.59 Å². The highest BCUT2D eigenvalue weighted by Gasteiger charge is 2.09. The van der Waals surface area contributed by atoms with Gasteiger partial charge in [0.25, 0.3) is 5.56 Å². The summed E-state index contributed by atoms with van der Waals surface area (Å²) in [5, 5.41) is 9.62. The lowest BCUT2D eigenvalue weighted by molar-refractivity contribution is -0.136. The van der Waals surface area contributed by atoms with Crippen molar-refractivity contribution < 1.29 is 9.90 Å². The molecule has 3 aromatic heterocycles. The summed E-state index contributed by atoms with van der Waals surface area (Å²) in [5.74, 6) is -0.0825. The molecule has 0 unspecified atom stereocenters. The first kappa shape index (κ1) is 19.1. The predicted molar refractivity (Wildman–Crippen MR) is 110 cm³/mol. The molecule has 8 heteroatoms. The number of benzene rings is 1. The Morgan fingerprint density at radius 2 is 1.93 bits per heavy atom. The molecule has 0 aliphatic heterocycles. The van der Waals surface area contributed by atoms with Gasteiger partial charge < -0.3 is 20.0 Å². The highest BCUT2D eigenvalue weighted by atomic mass is 16.4. The van der Waals surface area contributed by atoms with E-state index >= 15 is 0 Å². The molecule has 0 radical (unpaired) electrons. The summed E-state index contributed by atoms with van der Waals surface area (Å²) in [6.45, 7) is 1.60. The maximum absolute atomic E-state index is 12.0. The van der Waals surface area contributed by atoms with E-state index in [-0.39, 0.29) is 12.0 Å². The molecular weight excluding hydrogens is 358 g/mol. The molecule has 1 aromatic carbocycles. The minimum atomic E-state index is -0.745. The van der Waals surface area contributed by atoms with Gasteiger partial charge in [0.05, 0.1) is 5.69 Å². The molecular formula is C20H21N5O3. The minimum Gasteiger partial charge on any atom is -0.481 e. The Labute approximate surface area is 160 Å². The average molecular weight is 379 g/mol. The average Bonchev–Trinajstić information content (AvgIpc) is 3.19. The molecule has 0 fully saturated rings. The lowest BCUT2D eigenvalue weighted by atomic mass is 10.1. The molecule has 0 saturated carbocycles. The van der Waals surface area contributed by atoms with Crippen molar-refractivity contribution in [3.8, 4) is 11.3 Å². The number of nitrogens with one attached hydrogen (secondary N) is 2. The van der Waals surface area contributed by atoms with Gasteiger partial charge in [-0.25, -0.2) is 9.97 Å². The van der Waals surface area contributed by atoms with Gasteiger partial charge in [-0.2, -0.15) is 0 Å². The zero-order valence-corrected chi connectivity index (χ0v) is 15.9. The number of H-pyrrole nitrogens is 2. The Balaban J connectivity index is 0.000000403. The number of hydrogen-bond acceptors (Lipinski definition) is 5. The lowest BCUT2D eigenvalue weighted by Crippen LogP contribution is -2.12. The molecule has 0 aliphatic carbocycles. The zero-order valence-electron chi connectivity index (χ0n) is 15.9. The maximum atomic E-state index is 12.0. The van der Waals surface area contributed by atoms with Gasteiger partial charge in [0.2, 0.25) is 5.95 Å². The summed E-state index contributed by atoms with van der Waals surface area (Å²) >= 11 is 0. The summed E-state index contributed by atoms with van der Waals surface area (Å²) in [7, 11) is 3.82. The Bertz CT molecular complexity index is 1190. The van der Waals surface area contributed by atoms with Gasteiger partial charge in [0.1, 0.15) is 5.52 Å². The Morgan fingerprint density at radius 1 is 1.18 bits per heavy atom. The molecule has 0 bridgehead atoms. The third-order valence-electron chi connectivity index (χ3n) is 4.17. The van der Waals surface area contributed by atoms with Crippen LogP contribution < -0.4 is 10.5 Å². The van der Waals surface area contributed by atoms with E-state index in [1.165, 1.54) is 0 Å². The van der Waals surface area contributed by atoms with Crippen LogP contribution in [0.4, 0.5) is 5.95 Å². The zero-order chi connectivity index (χ0) is 20.3. The topological polar surface area (TPSA) is 115 Å². The van der Waals surface area contributed by atoms with Gasteiger partial charge in [0.15, 0.2) is 0 Å². The van der Waals surface area contributed by atoms with Crippen LogP contribution in [-0.2, 0) is 4.79 Å². The quantitative estimate of drug-likeness (QED) is 0.504. The molecule has 3 heterocycles. The predicted octanol–water partition coefficient (Wildman–Crippen LogP) is 3.01. The van der Waals surface area contributed by atoms with E-state index in [0.29, 0.717) is 11.5 Å². The minimum absolute atomic E-state index is 0.109.